The van der Waals surface area contributed by atoms with Crippen LogP contribution in [0.2, 0.25) is 0 Å². The average molecular weight is 354 g/mol. The van der Waals surface area contributed by atoms with E-state index in [2.05, 4.69) is 5.32 Å². The molecule has 0 amide bonds. The third-order valence-corrected chi connectivity index (χ3v) is 2.77. The van der Waals surface area contributed by atoms with Crippen molar-refractivity contribution in [2.45, 2.75) is 19.4 Å². The number of benzene rings is 1. The molecule has 0 saturated heterocycles. The van der Waals surface area contributed by atoms with Crippen molar-refractivity contribution in [3.8, 4) is 0 Å². The summed E-state index contributed by atoms with van der Waals surface area (Å²) in [6.45, 7) is 3.19. The van der Waals surface area contributed by atoms with Crippen LogP contribution in [0.15, 0.2) is 12.1 Å². The van der Waals surface area contributed by atoms with E-state index in [1.807, 2.05) is 0 Å². The van der Waals surface area contributed by atoms with E-state index in [0.717, 1.165) is 12.1 Å². The summed E-state index contributed by atoms with van der Waals surface area (Å²) in [5.41, 5.74) is -1.18. The maximum absolute atomic E-state index is 13.3. The Kier molecular flexibility index (Phi) is 4.26. The number of rotatable bonds is 4. The van der Waals surface area contributed by atoms with E-state index >= 15 is 0 Å². The summed E-state index contributed by atoms with van der Waals surface area (Å²) < 4.78 is 13.5. The van der Waals surface area contributed by atoms with Gasteiger partial charge in [-0.2, -0.15) is 0 Å². The van der Waals surface area contributed by atoms with Crippen molar-refractivity contribution in [3.05, 3.63) is 31.6 Å². The molecule has 7 heteroatoms. The van der Waals surface area contributed by atoms with Crippen LogP contribution in [0.5, 0.6) is 0 Å². The van der Waals surface area contributed by atoms with E-state index in [0.29, 0.717) is 0 Å². The lowest BCUT2D eigenvalue weighted by Gasteiger charge is -2.18. The molecule has 17 heavy (non-hydrogen) atoms. The first kappa shape index (κ1) is 14.1. The topological polar surface area (TPSA) is 75.4 Å². The number of hydrogen-bond acceptors (Lipinski definition) is 4. The molecule has 94 valence electrons. The van der Waals surface area contributed by atoms with Crippen LogP contribution in [-0.2, 0) is 0 Å². The Labute approximate surface area is 111 Å². The number of nitro benzene ring substituents is 1. The number of hydrogen-bond donors (Lipinski definition) is 2. The lowest BCUT2D eigenvalue weighted by molar-refractivity contribution is -0.384. The van der Waals surface area contributed by atoms with Crippen molar-refractivity contribution in [1.29, 1.82) is 0 Å². The Hall–Kier alpha value is -0.960. The first-order chi connectivity index (χ1) is 7.70. The monoisotopic (exact) mass is 354 g/mol. The molecule has 0 heterocycles. The molecule has 0 aromatic heterocycles. The summed E-state index contributed by atoms with van der Waals surface area (Å²) in [6.07, 6.45) is 0. The van der Waals surface area contributed by atoms with Gasteiger partial charge in [0.2, 0.25) is 0 Å². The standard InChI is InChI=1S/C10H12FIN2O3/c1-10(2,15)5-13-8-3-6(11)7(12)4-9(8)14(16)17/h3-4,13,15H,5H2,1-2H3. The fraction of sp³-hybridized carbons (Fsp3) is 0.400. The van der Waals surface area contributed by atoms with E-state index in [-0.39, 0.29) is 21.5 Å². The normalized spacial score (nSPS) is 11.4. The molecular weight excluding hydrogens is 342 g/mol. The average Bonchev–Trinajstić information content (AvgIpc) is 2.17. The summed E-state index contributed by atoms with van der Waals surface area (Å²) in [4.78, 5) is 10.2. The van der Waals surface area contributed by atoms with Gasteiger partial charge in [-0.15, -0.1) is 0 Å². The van der Waals surface area contributed by atoms with Crippen molar-refractivity contribution in [1.82, 2.24) is 0 Å². The zero-order valence-corrected chi connectivity index (χ0v) is 11.5. The molecule has 1 aromatic rings. The molecule has 1 aromatic carbocycles. The molecule has 5 nitrogen and oxygen atoms in total. The maximum atomic E-state index is 13.3. The van der Waals surface area contributed by atoms with E-state index in [4.69, 9.17) is 0 Å². The summed E-state index contributed by atoms with van der Waals surface area (Å²) in [5, 5.41) is 23.0. The van der Waals surface area contributed by atoms with Crippen molar-refractivity contribution in [2.75, 3.05) is 11.9 Å². The van der Waals surface area contributed by atoms with Crippen molar-refractivity contribution in [3.63, 3.8) is 0 Å². The number of nitrogens with one attached hydrogen (secondary N) is 1. The second-order valence-electron chi connectivity index (χ2n) is 4.21. The van der Waals surface area contributed by atoms with Gasteiger partial charge < -0.3 is 10.4 Å². The van der Waals surface area contributed by atoms with Gasteiger partial charge in [0.05, 0.1) is 14.1 Å². The SMILES string of the molecule is CC(C)(O)CNc1cc(F)c(I)cc1[N+](=O)[O-]. The smallest absolute Gasteiger partial charge is 0.293 e. The summed E-state index contributed by atoms with van der Waals surface area (Å²) >= 11 is 1.69. The van der Waals surface area contributed by atoms with E-state index in [1.54, 1.807) is 36.4 Å². The molecule has 0 aliphatic heterocycles. The van der Waals surface area contributed by atoms with E-state index < -0.39 is 16.3 Å². The molecule has 0 aliphatic rings. The van der Waals surface area contributed by atoms with E-state index in [1.165, 1.54) is 0 Å². The van der Waals surface area contributed by atoms with Gasteiger partial charge in [0, 0.05) is 18.7 Å². The Bertz CT molecular complexity index is 446. The Morgan fingerprint density at radius 3 is 2.65 bits per heavy atom. The molecule has 0 radical (unpaired) electrons. The molecular formula is C10H12FIN2O3. The summed E-state index contributed by atoms with van der Waals surface area (Å²) in [6, 6.07) is 2.22. The fourth-order valence-electron chi connectivity index (χ4n) is 1.14. The number of nitro groups is 1. The van der Waals surface area contributed by atoms with Gasteiger partial charge in [0.25, 0.3) is 5.69 Å². The molecule has 0 spiro atoms. The van der Waals surface area contributed by atoms with Crippen LogP contribution in [0.25, 0.3) is 0 Å². The first-order valence-electron chi connectivity index (χ1n) is 4.80. The van der Waals surface area contributed by atoms with Crippen molar-refractivity contribution in [2.24, 2.45) is 0 Å². The summed E-state index contributed by atoms with van der Waals surface area (Å²) in [7, 11) is 0. The van der Waals surface area contributed by atoms with Crippen LogP contribution < -0.4 is 5.32 Å². The fourth-order valence-corrected chi connectivity index (χ4v) is 1.59. The van der Waals surface area contributed by atoms with Gasteiger partial charge in [-0.05, 0) is 36.4 Å². The van der Waals surface area contributed by atoms with Gasteiger partial charge >= 0.3 is 0 Å². The highest BCUT2D eigenvalue weighted by Crippen LogP contribution is 2.28. The third kappa shape index (κ3) is 4.08. The van der Waals surface area contributed by atoms with Gasteiger partial charge in [-0.1, -0.05) is 0 Å². The lowest BCUT2D eigenvalue weighted by atomic mass is 10.1. The molecule has 0 aliphatic carbocycles. The van der Waals surface area contributed by atoms with Crippen LogP contribution in [-0.4, -0.2) is 22.2 Å². The Morgan fingerprint density at radius 1 is 1.59 bits per heavy atom. The molecule has 0 unspecified atom stereocenters. The molecule has 0 bridgehead atoms. The van der Waals surface area contributed by atoms with Gasteiger partial charge in [0.15, 0.2) is 0 Å². The Balaban J connectivity index is 3.05. The van der Waals surface area contributed by atoms with Crippen molar-refractivity contribution < 1.29 is 14.4 Å². The predicted molar refractivity (Wildman–Crippen MR) is 70.6 cm³/mol. The van der Waals surface area contributed by atoms with Crippen LogP contribution in [0, 0.1) is 19.5 Å². The number of aliphatic hydroxyl groups is 1. The predicted octanol–water partition coefficient (Wildman–Crippen LogP) is 2.52. The molecule has 0 fully saturated rings. The molecule has 1 rings (SSSR count). The molecule has 0 saturated carbocycles. The number of nitrogens with zero attached hydrogens (tertiary/aromatic N) is 1. The number of halogens is 2. The number of anilines is 1. The van der Waals surface area contributed by atoms with Gasteiger partial charge in [-0.3, -0.25) is 10.1 Å². The quantitative estimate of drug-likeness (QED) is 0.495. The van der Waals surface area contributed by atoms with Gasteiger partial charge in [0.1, 0.15) is 11.5 Å². The lowest BCUT2D eigenvalue weighted by Crippen LogP contribution is -2.29. The van der Waals surface area contributed by atoms with Gasteiger partial charge in [-0.25, -0.2) is 4.39 Å². The third-order valence-electron chi connectivity index (χ3n) is 1.95. The van der Waals surface area contributed by atoms with Crippen LogP contribution in [0.1, 0.15) is 13.8 Å². The summed E-state index contributed by atoms with van der Waals surface area (Å²) in [5.74, 6) is -0.533. The Morgan fingerprint density at radius 2 is 2.18 bits per heavy atom. The van der Waals surface area contributed by atoms with E-state index in [9.17, 15) is 19.6 Å². The highest BCUT2D eigenvalue weighted by molar-refractivity contribution is 14.1. The minimum absolute atomic E-state index is 0.0649. The molecule has 0 atom stereocenters. The van der Waals surface area contributed by atoms with Crippen LogP contribution in [0.3, 0.4) is 0 Å². The molecule has 2 N–H and O–H groups in total. The van der Waals surface area contributed by atoms with Crippen LogP contribution in [0.4, 0.5) is 15.8 Å². The highest BCUT2D eigenvalue weighted by Gasteiger charge is 2.20. The maximum Gasteiger partial charge on any atom is 0.293 e. The zero-order valence-electron chi connectivity index (χ0n) is 9.33. The zero-order chi connectivity index (χ0) is 13.2. The van der Waals surface area contributed by atoms with Crippen LogP contribution >= 0.6 is 22.6 Å². The largest absolute Gasteiger partial charge is 0.389 e. The second kappa shape index (κ2) is 5.13. The minimum Gasteiger partial charge on any atom is -0.389 e. The first-order valence-corrected chi connectivity index (χ1v) is 5.88. The highest BCUT2D eigenvalue weighted by atomic mass is 127. The minimum atomic E-state index is -1.03. The van der Waals surface area contributed by atoms with Crippen molar-refractivity contribution >= 4 is 34.0 Å². The second-order valence-corrected chi connectivity index (χ2v) is 5.37.